The molecular formula is C13H19ClN4O2S2. The number of sulfonamides is 1. The molecule has 0 bridgehead atoms. The van der Waals surface area contributed by atoms with Crippen molar-refractivity contribution < 1.29 is 8.42 Å². The molecule has 6 nitrogen and oxygen atoms in total. The highest BCUT2D eigenvalue weighted by atomic mass is 35.5. The van der Waals surface area contributed by atoms with Gasteiger partial charge in [0.25, 0.3) is 0 Å². The first-order valence-corrected chi connectivity index (χ1v) is 9.21. The van der Waals surface area contributed by atoms with Crippen molar-refractivity contribution in [2.45, 2.75) is 42.5 Å². The largest absolute Gasteiger partial charge is 0.324 e. The van der Waals surface area contributed by atoms with E-state index in [2.05, 4.69) is 13.5 Å². The molecule has 3 N–H and O–H groups in total. The van der Waals surface area contributed by atoms with Crippen molar-refractivity contribution in [3.63, 3.8) is 0 Å². The first-order chi connectivity index (χ1) is 10.0. The Balaban J connectivity index is 0.00000176. The van der Waals surface area contributed by atoms with Crippen LogP contribution in [0.2, 0.25) is 0 Å². The van der Waals surface area contributed by atoms with E-state index >= 15 is 0 Å². The minimum absolute atomic E-state index is 0. The maximum Gasteiger partial charge on any atom is 0.242 e. The van der Waals surface area contributed by atoms with Gasteiger partial charge < -0.3 is 5.73 Å². The summed E-state index contributed by atoms with van der Waals surface area (Å²) in [5.74, 6) is 0. The van der Waals surface area contributed by atoms with Gasteiger partial charge in [0.1, 0.15) is 15.9 Å². The van der Waals surface area contributed by atoms with Gasteiger partial charge >= 0.3 is 0 Å². The van der Waals surface area contributed by atoms with Crippen LogP contribution >= 0.6 is 24.1 Å². The quantitative estimate of drug-likeness (QED) is 0.867. The number of nitrogens with two attached hydrogens (primary N) is 1. The Hall–Kier alpha value is -0.800. The summed E-state index contributed by atoms with van der Waals surface area (Å²) in [6.07, 6.45) is 5.01. The molecule has 9 heteroatoms. The SMILES string of the molecule is Cl.NC1(CNS(=O)(=O)c2cccc3nsnc23)CCCCC1. The predicted octanol–water partition coefficient (Wildman–Crippen LogP) is 2.05. The molecule has 22 heavy (non-hydrogen) atoms. The summed E-state index contributed by atoms with van der Waals surface area (Å²) in [4.78, 5) is 0.174. The summed E-state index contributed by atoms with van der Waals surface area (Å²) in [7, 11) is -3.62. The summed E-state index contributed by atoms with van der Waals surface area (Å²) < 4.78 is 35.8. The van der Waals surface area contributed by atoms with E-state index < -0.39 is 15.6 Å². The second kappa shape index (κ2) is 6.76. The van der Waals surface area contributed by atoms with E-state index in [9.17, 15) is 8.42 Å². The van der Waals surface area contributed by atoms with Gasteiger partial charge in [-0.2, -0.15) is 8.75 Å². The molecule has 1 fully saturated rings. The predicted molar refractivity (Wildman–Crippen MR) is 89.9 cm³/mol. The Morgan fingerprint density at radius 3 is 2.68 bits per heavy atom. The first-order valence-electron chi connectivity index (χ1n) is 7.00. The topological polar surface area (TPSA) is 98.0 Å². The van der Waals surface area contributed by atoms with Crippen LogP contribution in [0.4, 0.5) is 0 Å². The maximum absolute atomic E-state index is 12.5. The van der Waals surface area contributed by atoms with Gasteiger partial charge in [0, 0.05) is 12.1 Å². The van der Waals surface area contributed by atoms with E-state index in [1.165, 1.54) is 6.42 Å². The number of nitrogens with zero attached hydrogens (tertiary/aromatic N) is 2. The molecule has 1 aromatic heterocycles. The lowest BCUT2D eigenvalue weighted by molar-refractivity contribution is 0.296. The Morgan fingerprint density at radius 1 is 1.23 bits per heavy atom. The molecule has 0 saturated heterocycles. The molecule has 1 heterocycles. The molecule has 0 spiro atoms. The normalized spacial score (nSPS) is 18.0. The third-order valence-corrected chi connectivity index (χ3v) is 5.98. The van der Waals surface area contributed by atoms with Crippen LogP contribution < -0.4 is 10.5 Å². The fourth-order valence-electron chi connectivity index (χ4n) is 2.75. The molecule has 1 saturated carbocycles. The van der Waals surface area contributed by atoms with Gasteiger partial charge in [-0.3, -0.25) is 0 Å². The molecule has 1 aliphatic carbocycles. The van der Waals surface area contributed by atoms with Gasteiger partial charge in [0.05, 0.1) is 11.7 Å². The molecular weight excluding hydrogens is 344 g/mol. The molecule has 1 aliphatic rings. The standard InChI is InChI=1S/C13H18N4O2S2.ClH/c14-13(7-2-1-3-8-13)9-15-21(18,19)11-6-4-5-10-12(11)17-20-16-10;/h4-6,15H,1-3,7-9,14H2;1H. The molecule has 1 aromatic carbocycles. The number of fused-ring (bicyclic) bond motifs is 1. The number of aromatic nitrogens is 2. The Kier molecular flexibility index (Phi) is 5.39. The lowest BCUT2D eigenvalue weighted by Crippen LogP contribution is -2.51. The number of halogens is 1. The molecule has 122 valence electrons. The molecule has 0 unspecified atom stereocenters. The lowest BCUT2D eigenvalue weighted by Gasteiger charge is -2.33. The molecule has 0 atom stereocenters. The zero-order chi connectivity index (χ0) is 14.9. The van der Waals surface area contributed by atoms with Crippen molar-refractivity contribution >= 4 is 45.2 Å². The molecule has 0 amide bonds. The van der Waals surface area contributed by atoms with Crippen LogP contribution in [-0.2, 0) is 10.0 Å². The van der Waals surface area contributed by atoms with Crippen molar-refractivity contribution in [3.05, 3.63) is 18.2 Å². The van der Waals surface area contributed by atoms with Gasteiger partial charge in [-0.05, 0) is 25.0 Å². The van der Waals surface area contributed by atoms with E-state index in [1.807, 2.05) is 0 Å². The van der Waals surface area contributed by atoms with Gasteiger partial charge in [0.15, 0.2) is 0 Å². The van der Waals surface area contributed by atoms with Crippen LogP contribution in [-0.4, -0.2) is 29.2 Å². The number of benzene rings is 1. The fourth-order valence-corrected chi connectivity index (χ4v) is 4.65. The monoisotopic (exact) mass is 362 g/mol. The minimum Gasteiger partial charge on any atom is -0.324 e. The summed E-state index contributed by atoms with van der Waals surface area (Å²) in [6, 6.07) is 4.98. The zero-order valence-electron chi connectivity index (χ0n) is 12.0. The smallest absolute Gasteiger partial charge is 0.242 e. The van der Waals surface area contributed by atoms with Gasteiger partial charge in [-0.25, -0.2) is 13.1 Å². The Bertz CT molecular complexity index is 741. The second-order valence-electron chi connectivity index (χ2n) is 5.64. The van der Waals surface area contributed by atoms with Crippen LogP contribution in [0.3, 0.4) is 0 Å². The first kappa shape index (κ1) is 17.6. The van der Waals surface area contributed by atoms with Crippen molar-refractivity contribution in [1.82, 2.24) is 13.5 Å². The van der Waals surface area contributed by atoms with Crippen molar-refractivity contribution in [1.29, 1.82) is 0 Å². The van der Waals surface area contributed by atoms with Crippen molar-refractivity contribution in [2.75, 3.05) is 6.54 Å². The number of rotatable bonds is 4. The lowest BCUT2D eigenvalue weighted by atomic mass is 9.83. The Morgan fingerprint density at radius 2 is 1.95 bits per heavy atom. The van der Waals surface area contributed by atoms with Crippen LogP contribution in [0, 0.1) is 0 Å². The molecule has 0 aliphatic heterocycles. The van der Waals surface area contributed by atoms with Crippen molar-refractivity contribution in [3.8, 4) is 0 Å². The average molecular weight is 363 g/mol. The van der Waals surface area contributed by atoms with E-state index in [4.69, 9.17) is 5.73 Å². The number of nitrogens with one attached hydrogen (secondary N) is 1. The summed E-state index contributed by atoms with van der Waals surface area (Å²) in [5, 5.41) is 0. The maximum atomic E-state index is 12.5. The van der Waals surface area contributed by atoms with Crippen molar-refractivity contribution in [2.24, 2.45) is 5.73 Å². The minimum atomic E-state index is -3.62. The second-order valence-corrected chi connectivity index (χ2v) is 7.90. The highest BCUT2D eigenvalue weighted by molar-refractivity contribution is 7.89. The summed E-state index contributed by atoms with van der Waals surface area (Å²) in [6.45, 7) is 0.267. The van der Waals surface area contributed by atoms with E-state index in [0.717, 1.165) is 37.4 Å². The summed E-state index contributed by atoms with van der Waals surface area (Å²) in [5.41, 5.74) is 6.87. The third-order valence-electron chi connectivity index (χ3n) is 4.00. The van der Waals surface area contributed by atoms with Crippen LogP contribution in [0.25, 0.3) is 11.0 Å². The van der Waals surface area contributed by atoms with E-state index in [1.54, 1.807) is 18.2 Å². The highest BCUT2D eigenvalue weighted by Crippen LogP contribution is 2.26. The van der Waals surface area contributed by atoms with Gasteiger partial charge in [0.2, 0.25) is 10.0 Å². The number of hydrogen-bond donors (Lipinski definition) is 2. The van der Waals surface area contributed by atoms with E-state index in [-0.39, 0.29) is 23.8 Å². The average Bonchev–Trinajstić information content (AvgIpc) is 2.94. The van der Waals surface area contributed by atoms with Crippen LogP contribution in [0.15, 0.2) is 23.1 Å². The van der Waals surface area contributed by atoms with Crippen LogP contribution in [0.5, 0.6) is 0 Å². The van der Waals surface area contributed by atoms with E-state index in [0.29, 0.717) is 11.0 Å². The van der Waals surface area contributed by atoms with Gasteiger partial charge in [-0.1, -0.05) is 25.3 Å². The zero-order valence-corrected chi connectivity index (χ0v) is 14.4. The Labute approximate surface area is 140 Å². The van der Waals surface area contributed by atoms with Gasteiger partial charge in [-0.15, -0.1) is 12.4 Å². The molecule has 3 rings (SSSR count). The third kappa shape index (κ3) is 3.57. The fraction of sp³-hybridized carbons (Fsp3) is 0.538. The highest BCUT2D eigenvalue weighted by Gasteiger charge is 2.30. The summed E-state index contributed by atoms with van der Waals surface area (Å²) >= 11 is 1.01. The molecule has 0 radical (unpaired) electrons. The molecule has 2 aromatic rings. The van der Waals surface area contributed by atoms with Crippen LogP contribution in [0.1, 0.15) is 32.1 Å². The number of hydrogen-bond acceptors (Lipinski definition) is 6.